The quantitative estimate of drug-likeness (QED) is 0.709. The Labute approximate surface area is 102 Å². The van der Waals surface area contributed by atoms with Crippen molar-refractivity contribution in [3.05, 3.63) is 5.51 Å². The molecule has 2 rings (SSSR count). The lowest BCUT2D eigenvalue weighted by Gasteiger charge is -2.14. The minimum Gasteiger partial charge on any atom is -0.354 e. The summed E-state index contributed by atoms with van der Waals surface area (Å²) >= 11 is 1.22. The molecule has 1 unspecified atom stereocenters. The number of nitrogens with one attached hydrogen (secondary N) is 3. The lowest BCUT2D eigenvalue weighted by molar-refractivity contribution is -0.122. The van der Waals surface area contributed by atoms with Gasteiger partial charge in [-0.3, -0.25) is 10.1 Å². The predicted molar refractivity (Wildman–Crippen MR) is 62.7 cm³/mol. The third-order valence-corrected chi connectivity index (χ3v) is 3.03. The van der Waals surface area contributed by atoms with Crippen LogP contribution in [-0.4, -0.2) is 34.7 Å². The Morgan fingerprint density at radius 2 is 2.41 bits per heavy atom. The topological polar surface area (TPSA) is 96.0 Å². The van der Waals surface area contributed by atoms with Crippen LogP contribution in [-0.2, 0) is 4.79 Å². The standard InChI is InChI=1S/C9H13N5O2S/c15-7-6(3-1-2-4-10-7)12-8(16)13-9-14-11-5-17-9/h5-6H,1-4H2,(H,10,15)(H2,12,13,14,16). The van der Waals surface area contributed by atoms with Crippen LogP contribution in [0, 0.1) is 0 Å². The van der Waals surface area contributed by atoms with E-state index < -0.39 is 12.1 Å². The fourth-order valence-corrected chi connectivity index (χ4v) is 2.04. The molecule has 17 heavy (non-hydrogen) atoms. The molecule has 1 aliphatic heterocycles. The molecule has 3 amide bonds. The van der Waals surface area contributed by atoms with E-state index in [1.165, 1.54) is 16.8 Å². The van der Waals surface area contributed by atoms with Gasteiger partial charge in [-0.25, -0.2) is 4.79 Å². The first kappa shape index (κ1) is 11.8. The van der Waals surface area contributed by atoms with Gasteiger partial charge in [-0.2, -0.15) is 0 Å². The fraction of sp³-hybridized carbons (Fsp3) is 0.556. The van der Waals surface area contributed by atoms with Crippen LogP contribution in [0.25, 0.3) is 0 Å². The summed E-state index contributed by atoms with van der Waals surface area (Å²) in [5.74, 6) is -0.130. The molecule has 1 aromatic heterocycles. The first-order valence-electron chi connectivity index (χ1n) is 5.37. The molecule has 92 valence electrons. The van der Waals surface area contributed by atoms with Crippen LogP contribution in [0.15, 0.2) is 5.51 Å². The Hall–Kier alpha value is -1.70. The Bertz CT molecular complexity index is 394. The van der Waals surface area contributed by atoms with Crippen molar-refractivity contribution in [1.29, 1.82) is 0 Å². The van der Waals surface area contributed by atoms with Gasteiger partial charge < -0.3 is 10.6 Å². The van der Waals surface area contributed by atoms with Gasteiger partial charge in [-0.15, -0.1) is 10.2 Å². The molecule has 3 N–H and O–H groups in total. The van der Waals surface area contributed by atoms with Gasteiger partial charge in [-0.05, 0) is 19.3 Å². The smallest absolute Gasteiger partial charge is 0.321 e. The highest BCUT2D eigenvalue weighted by molar-refractivity contribution is 7.13. The van der Waals surface area contributed by atoms with Gasteiger partial charge in [0.25, 0.3) is 0 Å². The van der Waals surface area contributed by atoms with E-state index in [1.54, 1.807) is 0 Å². The Balaban J connectivity index is 1.86. The van der Waals surface area contributed by atoms with Crippen LogP contribution in [0.2, 0.25) is 0 Å². The van der Waals surface area contributed by atoms with E-state index in [-0.39, 0.29) is 5.91 Å². The molecule has 1 aromatic rings. The fourth-order valence-electron chi connectivity index (χ4n) is 1.60. The van der Waals surface area contributed by atoms with E-state index in [1.807, 2.05) is 0 Å². The summed E-state index contributed by atoms with van der Waals surface area (Å²) in [6.07, 6.45) is 2.53. The summed E-state index contributed by atoms with van der Waals surface area (Å²) < 4.78 is 0. The largest absolute Gasteiger partial charge is 0.354 e. The number of hydrogen-bond donors (Lipinski definition) is 3. The molecule has 0 spiro atoms. The molecule has 1 fully saturated rings. The van der Waals surface area contributed by atoms with Crippen LogP contribution < -0.4 is 16.0 Å². The molecule has 7 nitrogen and oxygen atoms in total. The van der Waals surface area contributed by atoms with Crippen LogP contribution >= 0.6 is 11.3 Å². The van der Waals surface area contributed by atoms with Gasteiger partial charge in [-0.1, -0.05) is 11.3 Å². The maximum Gasteiger partial charge on any atom is 0.321 e. The average Bonchev–Trinajstić information content (AvgIpc) is 2.71. The van der Waals surface area contributed by atoms with Gasteiger partial charge in [0, 0.05) is 6.54 Å². The summed E-state index contributed by atoms with van der Waals surface area (Å²) in [7, 11) is 0. The Morgan fingerprint density at radius 3 is 3.18 bits per heavy atom. The molecule has 0 saturated carbocycles. The van der Waals surface area contributed by atoms with Crippen molar-refractivity contribution in [2.45, 2.75) is 25.3 Å². The highest BCUT2D eigenvalue weighted by Crippen LogP contribution is 2.09. The van der Waals surface area contributed by atoms with E-state index in [0.29, 0.717) is 18.1 Å². The van der Waals surface area contributed by atoms with Crippen LogP contribution in [0.5, 0.6) is 0 Å². The van der Waals surface area contributed by atoms with Gasteiger partial charge in [0.15, 0.2) is 0 Å². The monoisotopic (exact) mass is 255 g/mol. The van der Waals surface area contributed by atoms with E-state index in [0.717, 1.165) is 12.8 Å². The number of carbonyl (C=O) groups excluding carboxylic acids is 2. The van der Waals surface area contributed by atoms with Crippen molar-refractivity contribution in [3.8, 4) is 0 Å². The van der Waals surface area contributed by atoms with Crippen molar-refractivity contribution >= 4 is 28.4 Å². The number of nitrogens with zero attached hydrogens (tertiary/aromatic N) is 2. The van der Waals surface area contributed by atoms with Crippen molar-refractivity contribution in [1.82, 2.24) is 20.8 Å². The van der Waals surface area contributed by atoms with E-state index in [9.17, 15) is 9.59 Å². The second-order valence-corrected chi connectivity index (χ2v) is 4.51. The lowest BCUT2D eigenvalue weighted by atomic mass is 10.1. The molecule has 1 saturated heterocycles. The van der Waals surface area contributed by atoms with Crippen LogP contribution in [0.3, 0.4) is 0 Å². The lowest BCUT2D eigenvalue weighted by Crippen LogP contribution is -2.46. The maximum atomic E-state index is 11.6. The molecular formula is C9H13N5O2S. The summed E-state index contributed by atoms with van der Waals surface area (Å²) in [5, 5.41) is 15.6. The molecule has 1 atom stereocenters. The van der Waals surface area contributed by atoms with Gasteiger partial charge >= 0.3 is 6.03 Å². The van der Waals surface area contributed by atoms with Crippen molar-refractivity contribution < 1.29 is 9.59 Å². The predicted octanol–water partition coefficient (Wildman–Crippen LogP) is 0.328. The number of anilines is 1. The summed E-state index contributed by atoms with van der Waals surface area (Å²) in [4.78, 5) is 23.1. The van der Waals surface area contributed by atoms with Crippen LogP contribution in [0.1, 0.15) is 19.3 Å². The van der Waals surface area contributed by atoms with Crippen molar-refractivity contribution in [2.75, 3.05) is 11.9 Å². The number of rotatable bonds is 2. The molecule has 0 aliphatic carbocycles. The molecule has 8 heteroatoms. The van der Waals surface area contributed by atoms with Gasteiger partial charge in [0.1, 0.15) is 11.6 Å². The summed E-state index contributed by atoms with van der Waals surface area (Å²) in [6.45, 7) is 0.676. The highest BCUT2D eigenvalue weighted by atomic mass is 32.1. The van der Waals surface area contributed by atoms with Crippen molar-refractivity contribution in [2.24, 2.45) is 0 Å². The summed E-state index contributed by atoms with van der Waals surface area (Å²) in [6, 6.07) is -0.894. The zero-order valence-electron chi connectivity index (χ0n) is 9.10. The number of carbonyl (C=O) groups is 2. The molecule has 2 heterocycles. The number of amides is 3. The molecule has 0 radical (unpaired) electrons. The van der Waals surface area contributed by atoms with Crippen molar-refractivity contribution in [3.63, 3.8) is 0 Å². The van der Waals surface area contributed by atoms with E-state index in [4.69, 9.17) is 0 Å². The zero-order valence-corrected chi connectivity index (χ0v) is 9.92. The first-order chi connectivity index (χ1) is 8.25. The first-order valence-corrected chi connectivity index (χ1v) is 6.25. The minimum atomic E-state index is -0.467. The SMILES string of the molecule is O=C(Nc1nncs1)NC1CCCCNC1=O. The highest BCUT2D eigenvalue weighted by Gasteiger charge is 2.22. The number of aromatic nitrogens is 2. The zero-order chi connectivity index (χ0) is 12.1. The third-order valence-electron chi connectivity index (χ3n) is 2.42. The Morgan fingerprint density at radius 1 is 1.53 bits per heavy atom. The second-order valence-electron chi connectivity index (χ2n) is 3.68. The third kappa shape index (κ3) is 3.38. The van der Waals surface area contributed by atoms with Gasteiger partial charge in [0.05, 0.1) is 0 Å². The second kappa shape index (κ2) is 5.58. The molecule has 1 aliphatic rings. The molecule has 0 aromatic carbocycles. The van der Waals surface area contributed by atoms with E-state index >= 15 is 0 Å². The molecular weight excluding hydrogens is 242 g/mol. The summed E-state index contributed by atoms with van der Waals surface area (Å²) in [5.41, 5.74) is 1.52. The average molecular weight is 255 g/mol. The maximum absolute atomic E-state index is 11.6. The van der Waals surface area contributed by atoms with Crippen LogP contribution in [0.4, 0.5) is 9.93 Å². The number of hydrogen-bond acceptors (Lipinski definition) is 5. The molecule has 0 bridgehead atoms. The van der Waals surface area contributed by atoms with Gasteiger partial charge in [0.2, 0.25) is 11.0 Å². The number of urea groups is 1. The normalized spacial score (nSPS) is 20.2. The Kier molecular flexibility index (Phi) is 3.86. The van der Waals surface area contributed by atoms with E-state index in [2.05, 4.69) is 26.1 Å². The minimum absolute atomic E-state index is 0.130.